The SMILES string of the molecule is CCC(C)CN(C)S(=O)(=O)c1cc(Cl)c(Br)s1. The number of halogens is 2. The molecule has 0 bridgehead atoms. The van der Waals surface area contributed by atoms with Crippen molar-refractivity contribution in [3.8, 4) is 0 Å². The van der Waals surface area contributed by atoms with E-state index < -0.39 is 10.0 Å². The van der Waals surface area contributed by atoms with Crippen LogP contribution >= 0.6 is 38.9 Å². The second kappa shape index (κ2) is 6.02. The minimum Gasteiger partial charge on any atom is -0.206 e. The van der Waals surface area contributed by atoms with Crippen LogP contribution in [0.5, 0.6) is 0 Å². The van der Waals surface area contributed by atoms with Crippen LogP contribution in [0.15, 0.2) is 14.1 Å². The van der Waals surface area contributed by atoms with Crippen molar-refractivity contribution in [3.05, 3.63) is 14.9 Å². The maximum atomic E-state index is 12.2. The molecule has 0 radical (unpaired) electrons. The lowest BCUT2D eigenvalue weighted by Crippen LogP contribution is -2.30. The van der Waals surface area contributed by atoms with Gasteiger partial charge in [-0.25, -0.2) is 8.42 Å². The number of rotatable bonds is 5. The van der Waals surface area contributed by atoms with E-state index in [0.29, 0.717) is 21.3 Å². The topological polar surface area (TPSA) is 37.4 Å². The number of hydrogen-bond donors (Lipinski definition) is 0. The van der Waals surface area contributed by atoms with Gasteiger partial charge in [0, 0.05) is 13.6 Å². The molecule has 0 fully saturated rings. The Hall–Kier alpha value is 0.380. The molecule has 17 heavy (non-hydrogen) atoms. The van der Waals surface area contributed by atoms with Gasteiger partial charge in [-0.1, -0.05) is 31.9 Å². The maximum Gasteiger partial charge on any atom is 0.252 e. The van der Waals surface area contributed by atoms with E-state index in [-0.39, 0.29) is 4.21 Å². The van der Waals surface area contributed by atoms with Gasteiger partial charge in [-0.15, -0.1) is 11.3 Å². The largest absolute Gasteiger partial charge is 0.252 e. The molecule has 0 N–H and O–H groups in total. The van der Waals surface area contributed by atoms with E-state index in [1.807, 2.05) is 13.8 Å². The predicted octanol–water partition coefficient (Wildman–Crippen LogP) is 3.83. The van der Waals surface area contributed by atoms with Crippen LogP contribution in [0.1, 0.15) is 20.3 Å². The average molecular weight is 361 g/mol. The molecule has 0 aliphatic rings. The van der Waals surface area contributed by atoms with Crippen molar-refractivity contribution in [1.82, 2.24) is 4.31 Å². The van der Waals surface area contributed by atoms with Gasteiger partial charge < -0.3 is 0 Å². The summed E-state index contributed by atoms with van der Waals surface area (Å²) in [6.07, 6.45) is 0.953. The monoisotopic (exact) mass is 359 g/mol. The van der Waals surface area contributed by atoms with Gasteiger partial charge in [0.1, 0.15) is 4.21 Å². The first-order valence-electron chi connectivity index (χ1n) is 5.20. The van der Waals surface area contributed by atoms with E-state index in [1.54, 1.807) is 7.05 Å². The van der Waals surface area contributed by atoms with Gasteiger partial charge in [0.2, 0.25) is 0 Å². The highest BCUT2D eigenvalue weighted by Crippen LogP contribution is 2.35. The van der Waals surface area contributed by atoms with Crippen LogP contribution in [0, 0.1) is 5.92 Å². The molecule has 0 saturated carbocycles. The lowest BCUT2D eigenvalue weighted by atomic mass is 10.1. The Morgan fingerprint density at radius 3 is 2.59 bits per heavy atom. The van der Waals surface area contributed by atoms with Gasteiger partial charge in [-0.3, -0.25) is 0 Å². The molecule has 0 amide bonds. The maximum absolute atomic E-state index is 12.2. The van der Waals surface area contributed by atoms with Gasteiger partial charge in [-0.05, 0) is 27.9 Å². The normalized spacial score (nSPS) is 14.2. The molecule has 1 atom stereocenters. The highest BCUT2D eigenvalue weighted by atomic mass is 79.9. The Bertz CT molecular complexity index is 467. The summed E-state index contributed by atoms with van der Waals surface area (Å²) in [7, 11) is -1.81. The van der Waals surface area contributed by atoms with E-state index in [4.69, 9.17) is 11.6 Å². The zero-order valence-electron chi connectivity index (χ0n) is 9.91. The third kappa shape index (κ3) is 3.67. The molecule has 0 saturated heterocycles. The molecular weight excluding hydrogens is 346 g/mol. The average Bonchev–Trinajstić information content (AvgIpc) is 2.59. The van der Waals surface area contributed by atoms with E-state index >= 15 is 0 Å². The molecule has 98 valence electrons. The quantitative estimate of drug-likeness (QED) is 0.800. The van der Waals surface area contributed by atoms with Crippen molar-refractivity contribution in [1.29, 1.82) is 0 Å². The van der Waals surface area contributed by atoms with Crippen molar-refractivity contribution in [3.63, 3.8) is 0 Å². The van der Waals surface area contributed by atoms with Crippen LogP contribution in [-0.4, -0.2) is 26.3 Å². The fraction of sp³-hybridized carbons (Fsp3) is 0.600. The molecule has 0 spiro atoms. The molecule has 0 aliphatic carbocycles. The summed E-state index contributed by atoms with van der Waals surface area (Å²) < 4.78 is 26.7. The molecule has 1 aromatic rings. The van der Waals surface area contributed by atoms with E-state index in [1.165, 1.54) is 10.4 Å². The van der Waals surface area contributed by atoms with Crippen LogP contribution in [0.25, 0.3) is 0 Å². The van der Waals surface area contributed by atoms with Crippen molar-refractivity contribution < 1.29 is 8.42 Å². The summed E-state index contributed by atoms with van der Waals surface area (Å²) in [5.74, 6) is 0.341. The summed E-state index contributed by atoms with van der Waals surface area (Å²) >= 11 is 10.2. The lowest BCUT2D eigenvalue weighted by molar-refractivity contribution is 0.394. The number of nitrogens with zero attached hydrogens (tertiary/aromatic N) is 1. The second-order valence-corrected chi connectivity index (χ2v) is 9.04. The highest BCUT2D eigenvalue weighted by molar-refractivity contribution is 9.11. The van der Waals surface area contributed by atoms with Crippen LogP contribution < -0.4 is 0 Å². The standard InChI is InChI=1S/C10H15BrClNO2S2/c1-4-7(2)6-13(3)17(14,15)9-5-8(12)10(11)16-9/h5,7H,4,6H2,1-3H3. The first-order valence-corrected chi connectivity index (χ1v) is 8.63. The van der Waals surface area contributed by atoms with Crippen LogP contribution in [0.3, 0.4) is 0 Å². The summed E-state index contributed by atoms with van der Waals surface area (Å²) in [5, 5.41) is 0.436. The highest BCUT2D eigenvalue weighted by Gasteiger charge is 2.25. The molecule has 1 aromatic heterocycles. The Kier molecular flexibility index (Phi) is 5.46. The van der Waals surface area contributed by atoms with E-state index in [0.717, 1.165) is 17.8 Å². The smallest absolute Gasteiger partial charge is 0.206 e. The van der Waals surface area contributed by atoms with Crippen LogP contribution in [0.4, 0.5) is 0 Å². The molecular formula is C10H15BrClNO2S2. The van der Waals surface area contributed by atoms with E-state index in [2.05, 4.69) is 15.9 Å². The molecule has 0 aromatic carbocycles. The number of sulfonamides is 1. The van der Waals surface area contributed by atoms with Gasteiger partial charge >= 0.3 is 0 Å². The molecule has 0 aliphatic heterocycles. The molecule has 7 heteroatoms. The van der Waals surface area contributed by atoms with Gasteiger partial charge in [0.25, 0.3) is 10.0 Å². The summed E-state index contributed by atoms with van der Waals surface area (Å²) in [5.41, 5.74) is 0. The van der Waals surface area contributed by atoms with Gasteiger partial charge in [0.05, 0.1) is 8.81 Å². The third-order valence-electron chi connectivity index (χ3n) is 2.55. The Morgan fingerprint density at radius 1 is 1.59 bits per heavy atom. The first kappa shape index (κ1) is 15.4. The predicted molar refractivity (Wildman–Crippen MR) is 76.3 cm³/mol. The third-order valence-corrected chi connectivity index (χ3v) is 7.30. The van der Waals surface area contributed by atoms with Gasteiger partial charge in [0.15, 0.2) is 0 Å². The Labute approximate surface area is 120 Å². The zero-order valence-corrected chi connectivity index (χ0v) is 13.9. The second-order valence-electron chi connectivity index (χ2n) is 3.99. The molecule has 1 unspecified atom stereocenters. The molecule has 3 nitrogen and oxygen atoms in total. The Morgan fingerprint density at radius 2 is 2.18 bits per heavy atom. The molecule has 1 rings (SSSR count). The van der Waals surface area contributed by atoms with Crippen molar-refractivity contribution >= 4 is 48.9 Å². The van der Waals surface area contributed by atoms with Crippen molar-refractivity contribution in [2.24, 2.45) is 5.92 Å². The first-order chi connectivity index (χ1) is 7.78. The Balaban J connectivity index is 2.95. The fourth-order valence-electron chi connectivity index (χ4n) is 1.27. The van der Waals surface area contributed by atoms with Crippen LogP contribution in [0.2, 0.25) is 5.02 Å². The summed E-state index contributed by atoms with van der Waals surface area (Å²) in [6, 6.07) is 1.48. The summed E-state index contributed by atoms with van der Waals surface area (Å²) in [4.78, 5) is 0. The van der Waals surface area contributed by atoms with E-state index in [9.17, 15) is 8.42 Å². The minimum absolute atomic E-state index is 0.278. The lowest BCUT2D eigenvalue weighted by Gasteiger charge is -2.19. The van der Waals surface area contributed by atoms with Crippen molar-refractivity contribution in [2.75, 3.05) is 13.6 Å². The number of hydrogen-bond acceptors (Lipinski definition) is 3. The fourth-order valence-corrected chi connectivity index (χ4v) is 5.17. The van der Waals surface area contributed by atoms with Gasteiger partial charge in [-0.2, -0.15) is 4.31 Å². The number of thiophene rings is 1. The molecule has 1 heterocycles. The van der Waals surface area contributed by atoms with Crippen molar-refractivity contribution in [2.45, 2.75) is 24.5 Å². The van der Waals surface area contributed by atoms with Crippen LogP contribution in [-0.2, 0) is 10.0 Å². The zero-order chi connectivity index (χ0) is 13.2. The summed E-state index contributed by atoms with van der Waals surface area (Å²) in [6.45, 7) is 4.60. The minimum atomic E-state index is -3.41.